The van der Waals surface area contributed by atoms with Gasteiger partial charge in [-0.2, -0.15) is 0 Å². The molecule has 0 heterocycles. The molecule has 1 aromatic rings. The number of phosphoric acid groups is 1. The van der Waals surface area contributed by atoms with E-state index in [4.69, 9.17) is 19.2 Å². The monoisotopic (exact) mass is 800 g/mol. The molecule has 0 atom stereocenters. The summed E-state index contributed by atoms with van der Waals surface area (Å²) < 4.78 is 18.8. The van der Waals surface area contributed by atoms with Crippen molar-refractivity contribution < 1.29 is 29.1 Å². The first-order valence-corrected chi connectivity index (χ1v) is 29.3. The summed E-state index contributed by atoms with van der Waals surface area (Å²) in [6.07, 6.45) is 17.7. The average molecular weight is 798 g/mol. The fraction of sp³-hybridized carbons (Fsp3) is 0.774. The molecule has 0 amide bonds. The van der Waals surface area contributed by atoms with Crippen LogP contribution >= 0.6 is 7.82 Å². The average Bonchev–Trinajstić information content (AvgIpc) is 2.92. The molecule has 0 radical (unpaired) electrons. The summed E-state index contributed by atoms with van der Waals surface area (Å²) in [4.78, 5) is 33.0. The zero-order chi connectivity index (χ0) is 31.1. The third kappa shape index (κ3) is 40.5. The summed E-state index contributed by atoms with van der Waals surface area (Å²) in [5.74, 6) is -1.13. The number of carboxylic acids is 1. The molecular weight excluding hydrogens is 737 g/mol. The van der Waals surface area contributed by atoms with Gasteiger partial charge in [-0.25, -0.2) is 0 Å². The Kier molecular flexibility index (Phi) is 38.0. The fourth-order valence-corrected chi connectivity index (χ4v) is 22.8. The minimum absolute atomic E-state index is 0.220. The number of carbonyl (C=O) groups excluding carboxylic acids is 1. The second-order valence-corrected chi connectivity index (χ2v) is 28.4. The summed E-state index contributed by atoms with van der Waals surface area (Å²) >= 11 is -1.68. The second-order valence-electron chi connectivity index (χ2n) is 10.3. The Morgan fingerprint density at radius 3 is 1.00 bits per heavy atom. The topological polar surface area (TPSA) is 121 Å². The van der Waals surface area contributed by atoms with Crippen LogP contribution in [0.4, 0.5) is 0 Å². The van der Waals surface area contributed by atoms with Gasteiger partial charge in [0.25, 0.3) is 7.82 Å². The van der Waals surface area contributed by atoms with Crippen molar-refractivity contribution in [2.75, 3.05) is 0 Å². The zero-order valence-corrected chi connectivity index (χ0v) is 33.2. The maximum atomic E-state index is 10.1. The molecule has 0 aromatic heterocycles. The third-order valence-corrected chi connectivity index (χ3v) is 24.5. The Bertz CT molecular complexity index is 617. The summed E-state index contributed by atoms with van der Waals surface area (Å²) in [6, 6.07) is 8.06. The van der Waals surface area contributed by atoms with Crippen molar-refractivity contribution in [3.8, 4) is 0 Å². The predicted octanol–water partition coefficient (Wildman–Crippen LogP) is 8.25. The van der Waals surface area contributed by atoms with Crippen molar-refractivity contribution in [2.24, 2.45) is 0 Å². The Hall–Kier alpha value is 0.397. The molecule has 0 saturated carbocycles. The van der Waals surface area contributed by atoms with E-state index < -0.39 is 53.3 Å². The molecule has 9 heteroatoms. The van der Waals surface area contributed by atoms with Crippen LogP contribution in [0.1, 0.15) is 129 Å². The number of hydrogen-bond acceptors (Lipinski definition) is 4. The van der Waals surface area contributed by atoms with E-state index in [-0.39, 0.29) is 5.56 Å². The molecule has 0 aliphatic heterocycles. The number of unbranched alkanes of at least 4 members (excludes halogenated alkanes) is 6. The number of aromatic carboxylic acids is 1. The first-order chi connectivity index (χ1) is 19.0. The molecule has 1 rings (SSSR count). The molecule has 0 unspecified atom stereocenters. The van der Waals surface area contributed by atoms with Crippen LogP contribution in [0, 0.1) is 0 Å². The molecule has 0 fully saturated rings. The van der Waals surface area contributed by atoms with Gasteiger partial charge in [-0.15, -0.1) is 0 Å². The normalized spacial score (nSPS) is 10.2. The fourth-order valence-electron chi connectivity index (χ4n) is 3.88. The van der Waals surface area contributed by atoms with Crippen molar-refractivity contribution in [1.82, 2.24) is 0 Å². The second kappa shape index (κ2) is 33.9. The van der Waals surface area contributed by atoms with Gasteiger partial charge in [0, 0.05) is 0 Å². The first-order valence-electron chi connectivity index (χ1n) is 15.7. The number of benzene rings is 1. The minimum atomic E-state index is -4.89. The van der Waals surface area contributed by atoms with Gasteiger partial charge in [0.15, 0.2) is 0 Å². The molecule has 0 saturated heterocycles. The molecular formula is C31H61O6PSn2. The summed E-state index contributed by atoms with van der Waals surface area (Å²) in [5, 5.41) is 10.1. The van der Waals surface area contributed by atoms with E-state index in [1.165, 1.54) is 89.2 Å². The number of carboxylic acid groups (broad SMARTS) is 1. The summed E-state index contributed by atoms with van der Waals surface area (Å²) in [5.41, 5.74) is 0.220. The maximum absolute atomic E-state index is 10.1. The van der Waals surface area contributed by atoms with Crippen LogP contribution in [-0.2, 0) is 4.57 Å². The molecule has 0 aliphatic carbocycles. The first kappa shape index (κ1) is 44.8. The number of rotatable bonds is 19. The van der Waals surface area contributed by atoms with Crippen molar-refractivity contribution in [3.05, 3.63) is 35.9 Å². The van der Waals surface area contributed by atoms with Gasteiger partial charge in [-0.1, -0.05) is 30.3 Å². The Morgan fingerprint density at radius 2 is 0.850 bits per heavy atom. The quantitative estimate of drug-likeness (QED) is 0.108. The maximum Gasteiger partial charge on any atom is 0.262 e. The van der Waals surface area contributed by atoms with Crippen LogP contribution in [-0.4, -0.2) is 55.3 Å². The van der Waals surface area contributed by atoms with Gasteiger partial charge in [0.1, 0.15) is 0 Å². The summed E-state index contributed by atoms with van der Waals surface area (Å²) in [7, 11) is -4.89. The number of carbonyl (C=O) groups is 1. The van der Waals surface area contributed by atoms with Gasteiger partial charge >= 0.3 is 185 Å². The van der Waals surface area contributed by atoms with Gasteiger partial charge in [0.2, 0.25) is 0 Å². The van der Waals surface area contributed by atoms with Crippen LogP contribution in [0.25, 0.3) is 0 Å². The van der Waals surface area contributed by atoms with Crippen molar-refractivity contribution in [3.63, 3.8) is 0 Å². The molecule has 0 spiro atoms. The largest absolute Gasteiger partial charge is 0.756 e. The molecule has 2 N–H and O–H groups in total. The Balaban J connectivity index is -0.000000479. The molecule has 1 aromatic carbocycles. The standard InChI is InChI=1S/C7H6O2.6C4H9.H3O4P.2Sn/c8-7(9)6-4-2-1-3-5-6;6*1-3-4-2;1-5(2,3)4;;/h1-5H,(H,8,9);6*1,3-4H2,2H3;(H3,1,2,3,4);;/q;;;;;;;;2*+1/p-2. The van der Waals surface area contributed by atoms with Gasteiger partial charge in [-0.3, -0.25) is 4.57 Å². The van der Waals surface area contributed by atoms with Crippen LogP contribution < -0.4 is 10.00 Å². The predicted molar refractivity (Wildman–Crippen MR) is 173 cm³/mol. The van der Waals surface area contributed by atoms with E-state index in [0.29, 0.717) is 0 Å². The van der Waals surface area contributed by atoms with E-state index >= 15 is 0 Å². The summed E-state index contributed by atoms with van der Waals surface area (Å²) in [6.45, 7) is 14.0. The molecule has 6 nitrogen and oxygen atoms in total. The zero-order valence-electron chi connectivity index (χ0n) is 26.6. The van der Waals surface area contributed by atoms with Crippen LogP contribution in [0.5, 0.6) is 0 Å². The minimum Gasteiger partial charge on any atom is -0.756 e. The van der Waals surface area contributed by atoms with E-state index in [1.54, 1.807) is 44.8 Å². The van der Waals surface area contributed by atoms with Crippen molar-refractivity contribution >= 4 is 53.3 Å². The van der Waals surface area contributed by atoms with Crippen molar-refractivity contribution in [2.45, 2.75) is 145 Å². The smallest absolute Gasteiger partial charge is 0.262 e. The molecule has 40 heavy (non-hydrogen) atoms. The SMILES string of the molecule is CCC[CH2][Sn+]([CH2]CCC)[CH2]CCC.CCC[CH2][Sn+]([CH2]CCC)[CH2]CCC.O=C([O-])c1ccccc1.O=P([O-])(O)O. The Morgan fingerprint density at radius 1 is 0.625 bits per heavy atom. The van der Waals surface area contributed by atoms with E-state index in [1.807, 2.05) is 0 Å². The Labute approximate surface area is 261 Å². The molecule has 0 bridgehead atoms. The van der Waals surface area contributed by atoms with Gasteiger partial charge < -0.3 is 24.6 Å². The van der Waals surface area contributed by atoms with Crippen LogP contribution in [0.3, 0.4) is 0 Å². The van der Waals surface area contributed by atoms with Gasteiger partial charge in [-0.05, 0) is 5.56 Å². The van der Waals surface area contributed by atoms with Crippen LogP contribution in [0.15, 0.2) is 30.3 Å². The van der Waals surface area contributed by atoms with Gasteiger partial charge in [0.05, 0.1) is 5.97 Å². The van der Waals surface area contributed by atoms with Crippen LogP contribution in [0.2, 0.25) is 26.6 Å². The molecule has 0 aliphatic rings. The van der Waals surface area contributed by atoms with E-state index in [9.17, 15) is 9.90 Å². The van der Waals surface area contributed by atoms with E-state index in [0.717, 1.165) is 0 Å². The third-order valence-electron chi connectivity index (χ3n) is 6.31. The molecule has 234 valence electrons. The van der Waals surface area contributed by atoms with Crippen molar-refractivity contribution in [1.29, 1.82) is 0 Å². The van der Waals surface area contributed by atoms with E-state index in [2.05, 4.69) is 41.5 Å². The number of hydrogen-bond donors (Lipinski definition) is 2.